The summed E-state index contributed by atoms with van der Waals surface area (Å²) in [5, 5.41) is 9.99. The number of nitrogens with zero attached hydrogens (tertiary/aromatic N) is 2. The van der Waals surface area contributed by atoms with Crippen LogP contribution < -0.4 is 10.0 Å². The number of carbonyl (C=O) groups is 1. The standard InChI is InChI=1S/C19H14N4O5S/c24-17(20-19-22-21-18(28-19)16-10-5-11-27-16)13-6-4-7-14(12-13)23-29(25,26)15-8-2-1-3-9-15/h1-12,23H,(H,20,22,24). The van der Waals surface area contributed by atoms with Gasteiger partial charge in [0.1, 0.15) is 0 Å². The highest BCUT2D eigenvalue weighted by Crippen LogP contribution is 2.21. The maximum absolute atomic E-state index is 12.5. The second kappa shape index (κ2) is 7.60. The van der Waals surface area contributed by atoms with Crippen molar-refractivity contribution in [3.05, 3.63) is 78.6 Å². The molecule has 1 amide bonds. The molecule has 2 aromatic carbocycles. The average molecular weight is 410 g/mol. The van der Waals surface area contributed by atoms with Crippen molar-refractivity contribution in [1.82, 2.24) is 10.2 Å². The van der Waals surface area contributed by atoms with Gasteiger partial charge in [-0.15, -0.1) is 5.10 Å². The maximum atomic E-state index is 12.5. The number of sulfonamides is 1. The van der Waals surface area contributed by atoms with Crippen molar-refractivity contribution in [2.24, 2.45) is 0 Å². The third-order valence-electron chi connectivity index (χ3n) is 3.81. The highest BCUT2D eigenvalue weighted by atomic mass is 32.2. The second-order valence-electron chi connectivity index (χ2n) is 5.84. The first-order chi connectivity index (χ1) is 14.0. The number of anilines is 2. The van der Waals surface area contributed by atoms with Crippen molar-refractivity contribution in [2.75, 3.05) is 10.0 Å². The van der Waals surface area contributed by atoms with Gasteiger partial charge in [0.15, 0.2) is 5.76 Å². The topological polar surface area (TPSA) is 127 Å². The minimum absolute atomic E-state index is 0.114. The fourth-order valence-electron chi connectivity index (χ4n) is 2.48. The summed E-state index contributed by atoms with van der Waals surface area (Å²) in [7, 11) is -3.77. The molecule has 29 heavy (non-hydrogen) atoms. The Balaban J connectivity index is 1.49. The third kappa shape index (κ3) is 4.17. The van der Waals surface area contributed by atoms with E-state index in [9.17, 15) is 13.2 Å². The summed E-state index contributed by atoms with van der Waals surface area (Å²) < 4.78 is 37.8. The van der Waals surface area contributed by atoms with Gasteiger partial charge in [0, 0.05) is 11.3 Å². The van der Waals surface area contributed by atoms with Crippen molar-refractivity contribution in [2.45, 2.75) is 4.90 Å². The quantitative estimate of drug-likeness (QED) is 0.499. The lowest BCUT2D eigenvalue weighted by Crippen LogP contribution is -2.15. The van der Waals surface area contributed by atoms with Crippen LogP contribution in [0.25, 0.3) is 11.7 Å². The molecule has 2 N–H and O–H groups in total. The molecule has 4 aromatic rings. The number of benzene rings is 2. The van der Waals surface area contributed by atoms with Gasteiger partial charge in [0.25, 0.3) is 21.8 Å². The molecule has 4 rings (SSSR count). The molecule has 0 saturated heterocycles. The van der Waals surface area contributed by atoms with Crippen LogP contribution in [0.5, 0.6) is 0 Å². The Morgan fingerprint density at radius 3 is 2.52 bits per heavy atom. The van der Waals surface area contributed by atoms with Crippen molar-refractivity contribution in [3.8, 4) is 11.7 Å². The highest BCUT2D eigenvalue weighted by molar-refractivity contribution is 7.92. The number of furan rings is 1. The zero-order chi connectivity index (χ0) is 20.3. The molecular weight excluding hydrogens is 396 g/mol. The van der Waals surface area contributed by atoms with Crippen LogP contribution in [0.4, 0.5) is 11.7 Å². The summed E-state index contributed by atoms with van der Waals surface area (Å²) in [6.45, 7) is 0. The molecule has 10 heteroatoms. The van der Waals surface area contributed by atoms with Crippen LogP contribution in [0.3, 0.4) is 0 Å². The number of hydrogen-bond donors (Lipinski definition) is 2. The van der Waals surface area contributed by atoms with E-state index in [0.29, 0.717) is 5.76 Å². The predicted molar refractivity (Wildman–Crippen MR) is 104 cm³/mol. The molecular formula is C19H14N4O5S. The van der Waals surface area contributed by atoms with Gasteiger partial charge in [0.05, 0.1) is 11.2 Å². The Bertz CT molecular complexity index is 1230. The van der Waals surface area contributed by atoms with Gasteiger partial charge in [-0.2, -0.15) is 0 Å². The summed E-state index contributed by atoms with van der Waals surface area (Å²) in [5.74, 6) is -0.0506. The fourth-order valence-corrected chi connectivity index (χ4v) is 3.55. The molecule has 0 spiro atoms. The van der Waals surface area contributed by atoms with Crippen LogP contribution in [0.2, 0.25) is 0 Å². The van der Waals surface area contributed by atoms with Gasteiger partial charge in [-0.1, -0.05) is 29.4 Å². The van der Waals surface area contributed by atoms with Gasteiger partial charge < -0.3 is 8.83 Å². The number of amides is 1. The number of rotatable bonds is 6. The lowest BCUT2D eigenvalue weighted by Gasteiger charge is -2.09. The Morgan fingerprint density at radius 2 is 1.76 bits per heavy atom. The summed E-state index contributed by atoms with van der Waals surface area (Å²) in [6.07, 6.45) is 1.46. The summed E-state index contributed by atoms with van der Waals surface area (Å²) >= 11 is 0. The monoisotopic (exact) mass is 410 g/mol. The van der Waals surface area contributed by atoms with Crippen LogP contribution in [0.15, 0.2) is 86.7 Å². The largest absolute Gasteiger partial charge is 0.459 e. The Labute approximate surface area is 165 Å². The van der Waals surface area contributed by atoms with Crippen molar-refractivity contribution < 1.29 is 22.0 Å². The molecule has 9 nitrogen and oxygen atoms in total. The van der Waals surface area contributed by atoms with E-state index in [1.54, 1.807) is 42.5 Å². The molecule has 146 valence electrons. The molecule has 0 aliphatic carbocycles. The second-order valence-corrected chi connectivity index (χ2v) is 7.53. The van der Waals surface area contributed by atoms with E-state index < -0.39 is 15.9 Å². The molecule has 0 aliphatic rings. The van der Waals surface area contributed by atoms with E-state index in [1.807, 2.05) is 0 Å². The summed E-state index contributed by atoms with van der Waals surface area (Å²) in [4.78, 5) is 12.6. The van der Waals surface area contributed by atoms with Gasteiger partial charge in [-0.3, -0.25) is 14.8 Å². The Morgan fingerprint density at radius 1 is 0.931 bits per heavy atom. The van der Waals surface area contributed by atoms with Gasteiger partial charge in [0.2, 0.25) is 0 Å². The first-order valence-electron chi connectivity index (χ1n) is 8.38. The first-order valence-corrected chi connectivity index (χ1v) is 9.86. The number of aromatic nitrogens is 2. The van der Waals surface area contributed by atoms with Crippen LogP contribution in [0, 0.1) is 0 Å². The Hall–Kier alpha value is -3.92. The lowest BCUT2D eigenvalue weighted by atomic mass is 10.2. The molecule has 0 unspecified atom stereocenters. The van der Waals surface area contributed by atoms with Crippen LogP contribution in [-0.2, 0) is 10.0 Å². The zero-order valence-corrected chi connectivity index (χ0v) is 15.6. The number of hydrogen-bond acceptors (Lipinski definition) is 7. The molecule has 0 bridgehead atoms. The van der Waals surface area contributed by atoms with E-state index in [1.165, 1.54) is 30.5 Å². The van der Waals surface area contributed by atoms with E-state index in [-0.39, 0.29) is 28.1 Å². The Kier molecular flexibility index (Phi) is 4.83. The molecule has 0 fully saturated rings. The number of nitrogens with one attached hydrogen (secondary N) is 2. The number of carbonyl (C=O) groups excluding carboxylic acids is 1. The van der Waals surface area contributed by atoms with E-state index in [4.69, 9.17) is 8.83 Å². The van der Waals surface area contributed by atoms with Crippen molar-refractivity contribution >= 4 is 27.6 Å². The van der Waals surface area contributed by atoms with Gasteiger partial charge >= 0.3 is 6.01 Å². The van der Waals surface area contributed by atoms with Crippen LogP contribution in [0.1, 0.15) is 10.4 Å². The molecule has 0 radical (unpaired) electrons. The van der Waals surface area contributed by atoms with Crippen LogP contribution >= 0.6 is 0 Å². The molecule has 0 atom stereocenters. The molecule has 2 aromatic heterocycles. The molecule has 0 saturated carbocycles. The van der Waals surface area contributed by atoms with Crippen LogP contribution in [-0.4, -0.2) is 24.5 Å². The highest BCUT2D eigenvalue weighted by Gasteiger charge is 2.17. The molecule has 2 heterocycles. The van der Waals surface area contributed by atoms with Crippen molar-refractivity contribution in [3.63, 3.8) is 0 Å². The van der Waals surface area contributed by atoms with E-state index >= 15 is 0 Å². The SMILES string of the molecule is O=C(Nc1nnc(-c2ccco2)o1)c1cccc(NS(=O)(=O)c2ccccc2)c1. The molecule has 0 aliphatic heterocycles. The lowest BCUT2D eigenvalue weighted by molar-refractivity contribution is 0.102. The third-order valence-corrected chi connectivity index (χ3v) is 5.21. The predicted octanol–water partition coefficient (Wildman–Crippen LogP) is 3.38. The van der Waals surface area contributed by atoms with Gasteiger partial charge in [-0.25, -0.2) is 8.42 Å². The minimum Gasteiger partial charge on any atom is -0.459 e. The maximum Gasteiger partial charge on any atom is 0.322 e. The van der Waals surface area contributed by atoms with E-state index in [0.717, 1.165) is 0 Å². The fraction of sp³-hybridized carbons (Fsp3) is 0. The average Bonchev–Trinajstić information content (AvgIpc) is 3.40. The summed E-state index contributed by atoms with van der Waals surface area (Å²) in [6, 6.07) is 17.1. The summed E-state index contributed by atoms with van der Waals surface area (Å²) in [5.41, 5.74) is 0.444. The zero-order valence-electron chi connectivity index (χ0n) is 14.8. The first kappa shape index (κ1) is 18.4. The van der Waals surface area contributed by atoms with Crippen molar-refractivity contribution in [1.29, 1.82) is 0 Å². The smallest absolute Gasteiger partial charge is 0.322 e. The normalized spacial score (nSPS) is 11.2. The minimum atomic E-state index is -3.77. The van der Waals surface area contributed by atoms with E-state index in [2.05, 4.69) is 20.2 Å². The van der Waals surface area contributed by atoms with Gasteiger partial charge in [-0.05, 0) is 42.5 Å².